The second-order valence-electron chi connectivity index (χ2n) is 9.62. The smallest absolute Gasteiger partial charge is 0.237 e. The minimum Gasteiger partial charge on any atom is -0.494 e. The monoisotopic (exact) mass is 473 g/mol. The van der Waals surface area contributed by atoms with Crippen molar-refractivity contribution < 1.29 is 14.3 Å². The van der Waals surface area contributed by atoms with Gasteiger partial charge >= 0.3 is 0 Å². The Kier molecular flexibility index (Phi) is 6.12. The highest BCUT2D eigenvalue weighted by Crippen LogP contribution is 2.38. The molecule has 8 nitrogen and oxygen atoms in total. The first-order valence-electron chi connectivity index (χ1n) is 12.6. The molecule has 0 N–H and O–H groups in total. The molecular formula is C27H31N5O3. The number of carbonyl (C=O) groups excluding carboxylic acids is 1. The third kappa shape index (κ3) is 4.75. The number of amides is 1. The predicted molar refractivity (Wildman–Crippen MR) is 130 cm³/mol. The van der Waals surface area contributed by atoms with Crippen LogP contribution in [-0.4, -0.2) is 63.5 Å². The number of hydrogen-bond donors (Lipinski definition) is 0. The molecule has 1 unspecified atom stereocenters. The van der Waals surface area contributed by atoms with Crippen LogP contribution in [0, 0.1) is 0 Å². The van der Waals surface area contributed by atoms with Gasteiger partial charge in [0.1, 0.15) is 23.8 Å². The number of fused-ring (bicyclic) bond motifs is 5. The standard InChI is InChI=1S/C27H31N5O3/c33-26(18-30-10-1-2-11-30)32-13-9-20-15-24-7-8-25(20)27(32)21-5-3-6-23(16-21)34-14-4-12-31-17-22(19-35-24)28-29-31/h3,5-8,15-17,27H,1-2,4,9-14,18-19H2. The molecule has 182 valence electrons. The number of ether oxygens (including phenoxy) is 2. The summed E-state index contributed by atoms with van der Waals surface area (Å²) >= 11 is 0. The molecule has 1 atom stereocenters. The summed E-state index contributed by atoms with van der Waals surface area (Å²) < 4.78 is 14.0. The Labute approximate surface area is 205 Å². The predicted octanol–water partition coefficient (Wildman–Crippen LogP) is 3.21. The van der Waals surface area contributed by atoms with E-state index in [9.17, 15) is 4.79 Å². The van der Waals surface area contributed by atoms with Crippen molar-refractivity contribution >= 4 is 5.91 Å². The van der Waals surface area contributed by atoms with E-state index in [1.807, 2.05) is 29.1 Å². The summed E-state index contributed by atoms with van der Waals surface area (Å²) in [6.45, 7) is 4.89. The molecule has 35 heavy (non-hydrogen) atoms. The molecule has 5 heterocycles. The van der Waals surface area contributed by atoms with E-state index >= 15 is 0 Å². The van der Waals surface area contributed by atoms with Crippen molar-refractivity contribution in [1.82, 2.24) is 24.8 Å². The zero-order valence-electron chi connectivity index (χ0n) is 19.9. The van der Waals surface area contributed by atoms with Gasteiger partial charge in [0.2, 0.25) is 5.91 Å². The van der Waals surface area contributed by atoms with Crippen LogP contribution in [0.15, 0.2) is 48.7 Å². The number of carbonyl (C=O) groups is 1. The average Bonchev–Trinajstić information content (AvgIpc) is 3.56. The molecule has 1 fully saturated rings. The van der Waals surface area contributed by atoms with Crippen LogP contribution in [0.25, 0.3) is 0 Å². The number of rotatable bonds is 2. The van der Waals surface area contributed by atoms with Gasteiger partial charge in [0, 0.05) is 19.5 Å². The summed E-state index contributed by atoms with van der Waals surface area (Å²) in [4.78, 5) is 17.9. The van der Waals surface area contributed by atoms with E-state index in [4.69, 9.17) is 9.47 Å². The van der Waals surface area contributed by atoms with Crippen LogP contribution in [0.5, 0.6) is 11.5 Å². The van der Waals surface area contributed by atoms with Crippen molar-refractivity contribution in [2.45, 2.75) is 44.9 Å². The lowest BCUT2D eigenvalue weighted by Gasteiger charge is -2.39. The van der Waals surface area contributed by atoms with E-state index in [0.29, 0.717) is 26.3 Å². The van der Waals surface area contributed by atoms with Crippen LogP contribution in [0.1, 0.15) is 47.7 Å². The fraction of sp³-hybridized carbons (Fsp3) is 0.444. The van der Waals surface area contributed by atoms with Gasteiger partial charge in [-0.2, -0.15) is 0 Å². The Balaban J connectivity index is 1.36. The minimum absolute atomic E-state index is 0.138. The zero-order chi connectivity index (χ0) is 23.6. The second kappa shape index (κ2) is 9.70. The van der Waals surface area contributed by atoms with Gasteiger partial charge in [0.25, 0.3) is 0 Å². The summed E-state index contributed by atoms with van der Waals surface area (Å²) in [6, 6.07) is 14.3. The molecule has 0 spiro atoms. The Hall–Kier alpha value is -3.39. The Bertz CT molecular complexity index is 1200. The topological polar surface area (TPSA) is 72.7 Å². The third-order valence-corrected chi connectivity index (χ3v) is 7.17. The highest BCUT2D eigenvalue weighted by atomic mass is 16.5. The number of likely N-dealkylation sites (tertiary alicyclic amines) is 1. The van der Waals surface area contributed by atoms with Gasteiger partial charge in [0.05, 0.1) is 25.4 Å². The summed E-state index contributed by atoms with van der Waals surface area (Å²) in [6.07, 6.45) is 5.91. The first kappa shape index (κ1) is 22.1. The molecule has 0 aliphatic carbocycles. The van der Waals surface area contributed by atoms with Crippen molar-refractivity contribution in [2.75, 3.05) is 32.8 Å². The molecule has 4 aliphatic heterocycles. The fourth-order valence-corrected chi connectivity index (χ4v) is 5.41. The number of aryl methyl sites for hydroxylation is 1. The van der Waals surface area contributed by atoms with Gasteiger partial charge < -0.3 is 14.4 Å². The Morgan fingerprint density at radius 1 is 0.971 bits per heavy atom. The van der Waals surface area contributed by atoms with Crippen molar-refractivity contribution in [3.05, 3.63) is 71.0 Å². The molecule has 0 saturated carbocycles. The number of benzene rings is 2. The van der Waals surface area contributed by atoms with Gasteiger partial charge in [-0.25, -0.2) is 0 Å². The van der Waals surface area contributed by atoms with E-state index in [-0.39, 0.29) is 11.9 Å². The number of hydrogen-bond acceptors (Lipinski definition) is 6. The maximum atomic E-state index is 13.5. The van der Waals surface area contributed by atoms with E-state index < -0.39 is 0 Å². The molecule has 8 bridgehead atoms. The Morgan fingerprint density at radius 3 is 2.77 bits per heavy atom. The second-order valence-corrected chi connectivity index (χ2v) is 9.62. The number of aromatic nitrogens is 3. The lowest BCUT2D eigenvalue weighted by atomic mass is 9.87. The van der Waals surface area contributed by atoms with Gasteiger partial charge in [-0.15, -0.1) is 5.10 Å². The molecule has 3 aromatic rings. The van der Waals surface area contributed by atoms with Crippen LogP contribution in [0.3, 0.4) is 0 Å². The summed E-state index contributed by atoms with van der Waals surface area (Å²) in [5.74, 6) is 1.84. The summed E-state index contributed by atoms with van der Waals surface area (Å²) in [5, 5.41) is 8.43. The van der Waals surface area contributed by atoms with Crippen LogP contribution in [0.2, 0.25) is 0 Å². The molecule has 0 radical (unpaired) electrons. The van der Waals surface area contributed by atoms with Gasteiger partial charge in [-0.3, -0.25) is 14.4 Å². The summed E-state index contributed by atoms with van der Waals surface area (Å²) in [5.41, 5.74) is 4.26. The van der Waals surface area contributed by atoms with Crippen LogP contribution < -0.4 is 9.47 Å². The SMILES string of the molecule is O=C(CN1CCCC1)N1CCc2cc3ccc2C1c1cccc(c1)OCCCn1cc(nn1)CO3. The van der Waals surface area contributed by atoms with E-state index in [1.165, 1.54) is 18.4 Å². The van der Waals surface area contributed by atoms with Crippen LogP contribution in [-0.2, 0) is 24.4 Å². The van der Waals surface area contributed by atoms with Crippen molar-refractivity contribution in [3.8, 4) is 11.5 Å². The molecule has 8 heteroatoms. The van der Waals surface area contributed by atoms with Gasteiger partial charge in [-0.1, -0.05) is 23.4 Å². The maximum absolute atomic E-state index is 13.5. The van der Waals surface area contributed by atoms with Crippen molar-refractivity contribution in [3.63, 3.8) is 0 Å². The van der Waals surface area contributed by atoms with Gasteiger partial charge in [0.15, 0.2) is 0 Å². The van der Waals surface area contributed by atoms with Gasteiger partial charge in [-0.05, 0) is 73.3 Å². The normalized spacial score (nSPS) is 20.2. The third-order valence-electron chi connectivity index (χ3n) is 7.17. The quantitative estimate of drug-likeness (QED) is 0.569. The zero-order valence-corrected chi connectivity index (χ0v) is 19.9. The lowest BCUT2D eigenvalue weighted by molar-refractivity contribution is -0.134. The van der Waals surface area contributed by atoms with E-state index in [1.54, 1.807) is 0 Å². The van der Waals surface area contributed by atoms with Crippen LogP contribution in [0.4, 0.5) is 0 Å². The average molecular weight is 474 g/mol. The molecule has 2 aromatic carbocycles. The first-order valence-corrected chi connectivity index (χ1v) is 12.6. The summed E-state index contributed by atoms with van der Waals surface area (Å²) in [7, 11) is 0. The van der Waals surface area contributed by atoms with E-state index in [0.717, 1.165) is 60.8 Å². The first-order chi connectivity index (χ1) is 17.2. The van der Waals surface area contributed by atoms with Crippen LogP contribution >= 0.6 is 0 Å². The van der Waals surface area contributed by atoms with Crippen molar-refractivity contribution in [1.29, 1.82) is 0 Å². The molecule has 1 amide bonds. The molecule has 7 rings (SSSR count). The highest BCUT2D eigenvalue weighted by Gasteiger charge is 2.33. The molecule has 4 aliphatic rings. The number of nitrogens with zero attached hydrogens (tertiary/aromatic N) is 5. The Morgan fingerprint density at radius 2 is 1.86 bits per heavy atom. The fourth-order valence-electron chi connectivity index (χ4n) is 5.41. The minimum atomic E-state index is -0.138. The largest absolute Gasteiger partial charge is 0.494 e. The molecular weight excluding hydrogens is 442 g/mol. The molecule has 1 aromatic heterocycles. The lowest BCUT2D eigenvalue weighted by Crippen LogP contribution is -2.45. The van der Waals surface area contributed by atoms with Crippen molar-refractivity contribution in [2.24, 2.45) is 0 Å². The highest BCUT2D eigenvalue weighted by molar-refractivity contribution is 5.80. The van der Waals surface area contributed by atoms with E-state index in [2.05, 4.69) is 44.4 Å². The maximum Gasteiger partial charge on any atom is 0.237 e. The molecule has 1 saturated heterocycles.